The Morgan fingerprint density at radius 3 is 2.47 bits per heavy atom. The van der Waals surface area contributed by atoms with Crippen molar-refractivity contribution in [1.29, 1.82) is 0 Å². The Bertz CT molecular complexity index is 382. The molecule has 106 valence electrons. The van der Waals surface area contributed by atoms with Crippen LogP contribution in [0, 0.1) is 0 Å². The number of benzene rings is 1. The van der Waals surface area contributed by atoms with Gasteiger partial charge in [0.2, 0.25) is 0 Å². The first-order chi connectivity index (χ1) is 9.01. The van der Waals surface area contributed by atoms with Crippen LogP contribution in [-0.2, 0) is 11.3 Å². The number of nitrogens with zero attached hydrogens (tertiary/aromatic N) is 1. The second-order valence-electron chi connectivity index (χ2n) is 5.41. The number of guanidine groups is 1. The van der Waals surface area contributed by atoms with Gasteiger partial charge in [0.05, 0.1) is 13.2 Å². The number of rotatable bonds is 5. The predicted molar refractivity (Wildman–Crippen MR) is 80.3 cm³/mol. The molecule has 0 saturated heterocycles. The molecule has 0 spiro atoms. The Labute approximate surface area is 116 Å². The third-order valence-electron chi connectivity index (χ3n) is 2.37. The largest absolute Gasteiger partial charge is 0.375 e. The van der Waals surface area contributed by atoms with Gasteiger partial charge in [0.1, 0.15) is 0 Å². The minimum atomic E-state index is 0.00669. The van der Waals surface area contributed by atoms with Crippen molar-refractivity contribution in [2.45, 2.75) is 32.9 Å². The maximum atomic E-state index is 5.60. The normalized spacial score (nSPS) is 12.3. The smallest absolute Gasteiger partial charge is 0.191 e. The Morgan fingerprint density at radius 1 is 1.21 bits per heavy atom. The fraction of sp³-hybridized carbons (Fsp3) is 0.533. The molecule has 0 radical (unpaired) electrons. The molecule has 2 N–H and O–H groups in total. The molecule has 4 nitrogen and oxygen atoms in total. The lowest BCUT2D eigenvalue weighted by atomic mass is 10.1. The molecule has 0 aromatic heterocycles. The zero-order valence-electron chi connectivity index (χ0n) is 12.4. The van der Waals surface area contributed by atoms with E-state index in [0.29, 0.717) is 13.2 Å². The molecule has 0 amide bonds. The minimum absolute atomic E-state index is 0.00669. The van der Waals surface area contributed by atoms with Crippen molar-refractivity contribution >= 4 is 5.96 Å². The van der Waals surface area contributed by atoms with Crippen LogP contribution in [0.1, 0.15) is 26.3 Å². The highest BCUT2D eigenvalue weighted by atomic mass is 16.5. The van der Waals surface area contributed by atoms with E-state index >= 15 is 0 Å². The average molecular weight is 263 g/mol. The van der Waals surface area contributed by atoms with E-state index in [1.54, 1.807) is 7.05 Å². The molecule has 0 aliphatic rings. The van der Waals surface area contributed by atoms with Crippen LogP contribution in [0.25, 0.3) is 0 Å². The topological polar surface area (TPSA) is 45.7 Å². The first-order valence-electron chi connectivity index (χ1n) is 6.62. The van der Waals surface area contributed by atoms with Crippen LogP contribution in [-0.4, -0.2) is 31.7 Å². The monoisotopic (exact) mass is 263 g/mol. The maximum absolute atomic E-state index is 5.60. The summed E-state index contributed by atoms with van der Waals surface area (Å²) in [5.41, 5.74) is 1.20. The Morgan fingerprint density at radius 2 is 1.89 bits per heavy atom. The van der Waals surface area contributed by atoms with Gasteiger partial charge < -0.3 is 15.4 Å². The molecule has 0 saturated carbocycles. The zero-order valence-corrected chi connectivity index (χ0v) is 12.4. The molecule has 1 aromatic carbocycles. The summed E-state index contributed by atoms with van der Waals surface area (Å²) in [6.07, 6.45) is 0. The molecule has 19 heavy (non-hydrogen) atoms. The molecule has 1 aromatic rings. The van der Waals surface area contributed by atoms with Crippen molar-refractivity contribution in [3.8, 4) is 0 Å². The van der Waals surface area contributed by atoms with E-state index < -0.39 is 0 Å². The molecule has 0 unspecified atom stereocenters. The lowest BCUT2D eigenvalue weighted by Gasteiger charge is -2.23. The number of nitrogens with one attached hydrogen (secondary N) is 2. The summed E-state index contributed by atoms with van der Waals surface area (Å²) in [5.74, 6) is 0.802. The van der Waals surface area contributed by atoms with Crippen molar-refractivity contribution in [3.63, 3.8) is 0 Å². The molecule has 0 aliphatic carbocycles. The summed E-state index contributed by atoms with van der Waals surface area (Å²) < 4.78 is 5.60. The van der Waals surface area contributed by atoms with E-state index in [2.05, 4.69) is 48.5 Å². The second kappa shape index (κ2) is 7.79. The highest BCUT2D eigenvalue weighted by Crippen LogP contribution is 2.00. The fourth-order valence-corrected chi connectivity index (χ4v) is 1.54. The van der Waals surface area contributed by atoms with E-state index in [0.717, 1.165) is 12.5 Å². The van der Waals surface area contributed by atoms with E-state index in [1.807, 2.05) is 18.2 Å². The number of ether oxygens (including phenoxy) is 1. The van der Waals surface area contributed by atoms with Crippen LogP contribution >= 0.6 is 0 Å². The summed E-state index contributed by atoms with van der Waals surface area (Å²) in [5, 5.41) is 6.52. The SMILES string of the molecule is CN=C(NCCOCc1ccccc1)NC(C)(C)C. The van der Waals surface area contributed by atoms with Crippen molar-refractivity contribution in [3.05, 3.63) is 35.9 Å². The van der Waals surface area contributed by atoms with E-state index in [9.17, 15) is 0 Å². The first-order valence-corrected chi connectivity index (χ1v) is 6.62. The van der Waals surface area contributed by atoms with Crippen molar-refractivity contribution < 1.29 is 4.74 Å². The lowest BCUT2D eigenvalue weighted by molar-refractivity contribution is 0.125. The van der Waals surface area contributed by atoms with Crippen LogP contribution in [0.3, 0.4) is 0 Å². The van der Waals surface area contributed by atoms with Gasteiger partial charge in [-0.05, 0) is 26.3 Å². The second-order valence-corrected chi connectivity index (χ2v) is 5.41. The quantitative estimate of drug-likeness (QED) is 0.486. The first kappa shape index (κ1) is 15.5. The van der Waals surface area contributed by atoms with E-state index in [-0.39, 0.29) is 5.54 Å². The van der Waals surface area contributed by atoms with Crippen LogP contribution in [0.5, 0.6) is 0 Å². The third kappa shape index (κ3) is 7.47. The summed E-state index contributed by atoms with van der Waals surface area (Å²) in [6, 6.07) is 10.2. The van der Waals surface area contributed by atoms with Gasteiger partial charge in [-0.25, -0.2) is 0 Å². The summed E-state index contributed by atoms with van der Waals surface area (Å²) in [7, 11) is 1.77. The molecule has 0 atom stereocenters. The van der Waals surface area contributed by atoms with Crippen LogP contribution in [0.15, 0.2) is 35.3 Å². The van der Waals surface area contributed by atoms with Gasteiger partial charge in [0.25, 0.3) is 0 Å². The van der Waals surface area contributed by atoms with Gasteiger partial charge >= 0.3 is 0 Å². The van der Waals surface area contributed by atoms with Gasteiger partial charge in [-0.2, -0.15) is 0 Å². The van der Waals surface area contributed by atoms with Gasteiger partial charge in [0.15, 0.2) is 5.96 Å². The maximum Gasteiger partial charge on any atom is 0.191 e. The highest BCUT2D eigenvalue weighted by Gasteiger charge is 2.10. The summed E-state index contributed by atoms with van der Waals surface area (Å²) in [4.78, 5) is 4.17. The number of aliphatic imine (C=N–C) groups is 1. The Kier molecular flexibility index (Phi) is 6.36. The van der Waals surface area contributed by atoms with Crippen molar-refractivity contribution in [2.75, 3.05) is 20.2 Å². The molecule has 0 fully saturated rings. The van der Waals surface area contributed by atoms with Gasteiger partial charge in [0, 0.05) is 19.1 Å². The van der Waals surface area contributed by atoms with Crippen LogP contribution in [0.2, 0.25) is 0 Å². The zero-order chi connectivity index (χ0) is 14.1. The number of hydrogen-bond acceptors (Lipinski definition) is 2. The van der Waals surface area contributed by atoms with Gasteiger partial charge in [-0.15, -0.1) is 0 Å². The van der Waals surface area contributed by atoms with Crippen LogP contribution < -0.4 is 10.6 Å². The van der Waals surface area contributed by atoms with Crippen molar-refractivity contribution in [2.24, 2.45) is 4.99 Å². The predicted octanol–water partition coefficient (Wildman–Crippen LogP) is 2.17. The van der Waals surface area contributed by atoms with Gasteiger partial charge in [-0.1, -0.05) is 30.3 Å². The molecule has 4 heteroatoms. The fourth-order valence-electron chi connectivity index (χ4n) is 1.54. The molecule has 1 rings (SSSR count). The average Bonchev–Trinajstić information content (AvgIpc) is 2.37. The molecular formula is C15H25N3O. The van der Waals surface area contributed by atoms with Crippen LogP contribution in [0.4, 0.5) is 0 Å². The Balaban J connectivity index is 2.16. The molecule has 0 aliphatic heterocycles. The Hall–Kier alpha value is -1.55. The molecule has 0 heterocycles. The summed E-state index contributed by atoms with van der Waals surface area (Å²) in [6.45, 7) is 8.35. The third-order valence-corrected chi connectivity index (χ3v) is 2.37. The van der Waals surface area contributed by atoms with E-state index in [1.165, 1.54) is 5.56 Å². The molecular weight excluding hydrogens is 238 g/mol. The van der Waals surface area contributed by atoms with E-state index in [4.69, 9.17) is 4.74 Å². The minimum Gasteiger partial charge on any atom is -0.375 e. The lowest BCUT2D eigenvalue weighted by Crippen LogP contribution is -2.48. The number of hydrogen-bond donors (Lipinski definition) is 2. The van der Waals surface area contributed by atoms with Crippen molar-refractivity contribution in [1.82, 2.24) is 10.6 Å². The summed E-state index contributed by atoms with van der Waals surface area (Å²) >= 11 is 0. The molecule has 0 bridgehead atoms. The van der Waals surface area contributed by atoms with Gasteiger partial charge in [-0.3, -0.25) is 4.99 Å². The standard InChI is InChI=1S/C15H25N3O/c1-15(2,3)18-14(16-4)17-10-11-19-12-13-8-6-5-7-9-13/h5-9H,10-12H2,1-4H3,(H2,16,17,18). The highest BCUT2D eigenvalue weighted by molar-refractivity contribution is 5.80.